The number of hydrogen-bond donors (Lipinski definition) is 2. The van der Waals surface area contributed by atoms with Gasteiger partial charge in [0.1, 0.15) is 6.04 Å². The van der Waals surface area contributed by atoms with Gasteiger partial charge in [0, 0.05) is 12.1 Å². The van der Waals surface area contributed by atoms with Crippen molar-refractivity contribution in [3.05, 3.63) is 94.2 Å². The molecule has 0 saturated carbocycles. The van der Waals surface area contributed by atoms with Gasteiger partial charge < -0.3 is 10.6 Å². The van der Waals surface area contributed by atoms with Crippen molar-refractivity contribution < 1.29 is 10.1 Å². The van der Waals surface area contributed by atoms with E-state index >= 15 is 0 Å². The van der Waals surface area contributed by atoms with E-state index < -0.39 is 0 Å². The Bertz CT molecular complexity index is 742. The second-order valence-electron chi connectivity index (χ2n) is 5.61. The van der Waals surface area contributed by atoms with Gasteiger partial charge in [0.15, 0.2) is 6.54 Å². The van der Waals surface area contributed by atoms with E-state index in [2.05, 4.69) is 40.3 Å². The summed E-state index contributed by atoms with van der Waals surface area (Å²) in [7, 11) is 0. The Morgan fingerprint density at radius 2 is 1.67 bits per heavy atom. The molecule has 2 aromatic carbocycles. The molecular formula is C20H21N2OS+. The molecule has 3 aromatic rings. The highest BCUT2D eigenvalue weighted by molar-refractivity contribution is 7.10. The van der Waals surface area contributed by atoms with Gasteiger partial charge in [0.2, 0.25) is 0 Å². The molecule has 122 valence electrons. The van der Waals surface area contributed by atoms with Crippen LogP contribution in [0.3, 0.4) is 0 Å². The highest BCUT2D eigenvalue weighted by atomic mass is 32.1. The molecule has 0 unspecified atom stereocenters. The van der Waals surface area contributed by atoms with Crippen molar-refractivity contribution in [1.82, 2.24) is 5.32 Å². The molecule has 0 saturated heterocycles. The number of quaternary nitrogens is 1. The monoisotopic (exact) mass is 337 g/mol. The third kappa shape index (κ3) is 4.54. The molecule has 1 amide bonds. The maximum Gasteiger partial charge on any atom is 0.275 e. The van der Waals surface area contributed by atoms with Gasteiger partial charge in [0.25, 0.3) is 5.91 Å². The normalized spacial score (nSPS) is 11.8. The molecule has 1 heterocycles. The van der Waals surface area contributed by atoms with Crippen LogP contribution in [0.5, 0.6) is 0 Å². The zero-order valence-electron chi connectivity index (χ0n) is 13.4. The SMILES string of the molecule is O=C(C[NH2+][C@@H](c1ccccc1)c1cccs1)NCc1ccccc1. The molecule has 0 fully saturated rings. The predicted molar refractivity (Wildman–Crippen MR) is 97.7 cm³/mol. The summed E-state index contributed by atoms with van der Waals surface area (Å²) in [6.07, 6.45) is 0. The van der Waals surface area contributed by atoms with Crippen LogP contribution in [0.2, 0.25) is 0 Å². The first-order valence-electron chi connectivity index (χ1n) is 8.05. The highest BCUT2D eigenvalue weighted by Crippen LogP contribution is 2.22. The maximum atomic E-state index is 12.2. The maximum absolute atomic E-state index is 12.2. The first kappa shape index (κ1) is 16.4. The summed E-state index contributed by atoms with van der Waals surface area (Å²) in [5, 5.41) is 7.16. The van der Waals surface area contributed by atoms with Crippen molar-refractivity contribution in [3.8, 4) is 0 Å². The van der Waals surface area contributed by atoms with Crippen molar-refractivity contribution in [3.63, 3.8) is 0 Å². The standard InChI is InChI=1S/C20H20N2OS/c23-19(21-14-16-8-3-1-4-9-16)15-22-20(18-12-7-13-24-18)17-10-5-2-6-11-17/h1-13,20,22H,14-15H2,(H,21,23)/p+1/t20-/m0/s1. The van der Waals surface area contributed by atoms with Crippen molar-refractivity contribution in [1.29, 1.82) is 0 Å². The Hall–Kier alpha value is -2.43. The number of nitrogens with one attached hydrogen (secondary N) is 1. The Morgan fingerprint density at radius 3 is 2.33 bits per heavy atom. The lowest BCUT2D eigenvalue weighted by atomic mass is 10.1. The summed E-state index contributed by atoms with van der Waals surface area (Å²) in [6.45, 7) is 0.979. The molecule has 0 aliphatic carbocycles. The minimum absolute atomic E-state index is 0.0522. The van der Waals surface area contributed by atoms with E-state index in [1.54, 1.807) is 11.3 Å². The quantitative estimate of drug-likeness (QED) is 0.684. The van der Waals surface area contributed by atoms with Gasteiger partial charge in [-0.3, -0.25) is 4.79 Å². The molecular weight excluding hydrogens is 316 g/mol. The Kier molecular flexibility index (Phi) is 5.77. The number of nitrogens with two attached hydrogens (primary N) is 1. The zero-order valence-corrected chi connectivity index (χ0v) is 14.2. The molecule has 24 heavy (non-hydrogen) atoms. The van der Waals surface area contributed by atoms with E-state index in [-0.39, 0.29) is 11.9 Å². The van der Waals surface area contributed by atoms with Crippen LogP contribution in [0.25, 0.3) is 0 Å². The molecule has 0 radical (unpaired) electrons. The van der Waals surface area contributed by atoms with Gasteiger partial charge >= 0.3 is 0 Å². The number of thiophene rings is 1. The summed E-state index contributed by atoms with van der Waals surface area (Å²) >= 11 is 1.72. The van der Waals surface area contributed by atoms with Crippen LogP contribution < -0.4 is 10.6 Å². The van der Waals surface area contributed by atoms with Gasteiger partial charge in [0.05, 0.1) is 4.88 Å². The van der Waals surface area contributed by atoms with Crippen LogP contribution in [-0.4, -0.2) is 12.5 Å². The molecule has 0 bridgehead atoms. The Labute approximate surface area is 146 Å². The van der Waals surface area contributed by atoms with Crippen LogP contribution in [-0.2, 0) is 11.3 Å². The van der Waals surface area contributed by atoms with Crippen molar-refractivity contribution >= 4 is 17.2 Å². The number of amides is 1. The lowest BCUT2D eigenvalue weighted by Crippen LogP contribution is -2.87. The fourth-order valence-electron chi connectivity index (χ4n) is 2.64. The summed E-state index contributed by atoms with van der Waals surface area (Å²) in [5.41, 5.74) is 2.33. The second-order valence-corrected chi connectivity index (χ2v) is 6.59. The average molecular weight is 337 g/mol. The van der Waals surface area contributed by atoms with Crippen LogP contribution in [0.15, 0.2) is 78.2 Å². The van der Waals surface area contributed by atoms with E-state index in [9.17, 15) is 4.79 Å². The number of carbonyl (C=O) groups excluding carboxylic acids is 1. The van der Waals surface area contributed by atoms with E-state index in [0.717, 1.165) is 5.56 Å². The molecule has 3 rings (SSSR count). The summed E-state index contributed by atoms with van der Waals surface area (Å²) in [6, 6.07) is 24.6. The van der Waals surface area contributed by atoms with Gasteiger partial charge in [-0.2, -0.15) is 0 Å². The largest absolute Gasteiger partial charge is 0.347 e. The summed E-state index contributed by atoms with van der Waals surface area (Å²) in [5.74, 6) is 0.0522. The van der Waals surface area contributed by atoms with Crippen LogP contribution in [0.4, 0.5) is 0 Å². The van der Waals surface area contributed by atoms with Crippen LogP contribution in [0.1, 0.15) is 22.0 Å². The first-order valence-corrected chi connectivity index (χ1v) is 8.93. The number of carbonyl (C=O) groups is 1. The van der Waals surface area contributed by atoms with Gasteiger partial charge in [-0.05, 0) is 17.0 Å². The molecule has 0 aliphatic rings. The molecule has 0 spiro atoms. The van der Waals surface area contributed by atoms with E-state index in [0.29, 0.717) is 13.1 Å². The fraction of sp³-hybridized carbons (Fsp3) is 0.150. The topological polar surface area (TPSA) is 45.7 Å². The first-order chi connectivity index (χ1) is 11.8. The van der Waals surface area contributed by atoms with Gasteiger partial charge in [-0.1, -0.05) is 66.7 Å². The summed E-state index contributed by atoms with van der Waals surface area (Å²) in [4.78, 5) is 13.4. The zero-order chi connectivity index (χ0) is 16.6. The second kappa shape index (κ2) is 8.43. The molecule has 1 aromatic heterocycles. The molecule has 4 heteroatoms. The van der Waals surface area contributed by atoms with E-state index in [1.165, 1.54) is 10.4 Å². The summed E-state index contributed by atoms with van der Waals surface area (Å²) < 4.78 is 0. The number of hydrogen-bond acceptors (Lipinski definition) is 2. The van der Waals surface area contributed by atoms with Gasteiger partial charge in [-0.15, -0.1) is 11.3 Å². The molecule has 3 N–H and O–H groups in total. The van der Waals surface area contributed by atoms with Crippen LogP contribution in [0, 0.1) is 0 Å². The average Bonchev–Trinajstić information content (AvgIpc) is 3.16. The van der Waals surface area contributed by atoms with Crippen LogP contribution >= 0.6 is 11.3 Å². The number of rotatable bonds is 7. The van der Waals surface area contributed by atoms with Crippen molar-refractivity contribution in [2.24, 2.45) is 0 Å². The van der Waals surface area contributed by atoms with Crippen molar-refractivity contribution in [2.75, 3.05) is 6.54 Å². The minimum Gasteiger partial charge on any atom is -0.347 e. The fourth-order valence-corrected chi connectivity index (χ4v) is 3.49. The third-order valence-electron chi connectivity index (χ3n) is 3.88. The Balaban J connectivity index is 1.59. The van der Waals surface area contributed by atoms with Gasteiger partial charge in [-0.25, -0.2) is 0 Å². The molecule has 1 atom stereocenters. The highest BCUT2D eigenvalue weighted by Gasteiger charge is 2.19. The lowest BCUT2D eigenvalue weighted by molar-refractivity contribution is -0.676. The third-order valence-corrected chi connectivity index (χ3v) is 4.84. The number of benzene rings is 2. The molecule has 0 aliphatic heterocycles. The molecule has 3 nitrogen and oxygen atoms in total. The van der Waals surface area contributed by atoms with Crippen molar-refractivity contribution in [2.45, 2.75) is 12.6 Å². The Morgan fingerprint density at radius 1 is 0.958 bits per heavy atom. The smallest absolute Gasteiger partial charge is 0.275 e. The van der Waals surface area contributed by atoms with E-state index in [4.69, 9.17) is 0 Å². The minimum atomic E-state index is 0.0522. The van der Waals surface area contributed by atoms with E-state index in [1.807, 2.05) is 48.5 Å². The predicted octanol–water partition coefficient (Wildman–Crippen LogP) is 2.72. The lowest BCUT2D eigenvalue weighted by Gasteiger charge is -2.14.